The number of para-hydroxylation sites is 1. The molecular formula is C28H24Cl2FN5O3S. The zero-order valence-electron chi connectivity index (χ0n) is 21.1. The van der Waals surface area contributed by atoms with Crippen LogP contribution in [0, 0.1) is 5.82 Å². The molecule has 40 heavy (non-hydrogen) atoms. The molecule has 1 aliphatic rings. The van der Waals surface area contributed by atoms with Gasteiger partial charge in [0.2, 0.25) is 5.91 Å². The Bertz CT molecular complexity index is 1530. The zero-order valence-corrected chi connectivity index (χ0v) is 23.5. The van der Waals surface area contributed by atoms with Crippen molar-refractivity contribution in [3.05, 3.63) is 94.0 Å². The third-order valence-electron chi connectivity index (χ3n) is 6.22. The summed E-state index contributed by atoms with van der Waals surface area (Å²) in [6, 6.07) is 18.4. The Morgan fingerprint density at radius 3 is 2.65 bits per heavy atom. The van der Waals surface area contributed by atoms with Crippen LogP contribution in [0.5, 0.6) is 5.75 Å². The maximum atomic E-state index is 13.7. The van der Waals surface area contributed by atoms with Gasteiger partial charge in [-0.15, -0.1) is 10.2 Å². The van der Waals surface area contributed by atoms with E-state index in [1.54, 1.807) is 33.7 Å². The van der Waals surface area contributed by atoms with Crippen LogP contribution < -0.4 is 15.0 Å². The minimum atomic E-state index is -0.409. The number of carbonyl (C=O) groups is 2. The van der Waals surface area contributed by atoms with Crippen molar-refractivity contribution in [1.29, 1.82) is 0 Å². The third kappa shape index (κ3) is 6.57. The van der Waals surface area contributed by atoms with E-state index in [1.165, 1.54) is 30.0 Å². The molecule has 4 aromatic rings. The average molecular weight is 601 g/mol. The van der Waals surface area contributed by atoms with Crippen LogP contribution in [0.4, 0.5) is 10.1 Å². The quantitative estimate of drug-likeness (QED) is 0.256. The molecule has 206 valence electrons. The first-order chi connectivity index (χ1) is 19.4. The number of nitrogens with zero attached hydrogens (tertiary/aromatic N) is 4. The Hall–Kier alpha value is -3.60. The first-order valence-electron chi connectivity index (χ1n) is 12.4. The summed E-state index contributed by atoms with van der Waals surface area (Å²) in [5.41, 5.74) is 2.69. The molecule has 0 unspecified atom stereocenters. The highest BCUT2D eigenvalue weighted by molar-refractivity contribution is 7.99. The molecule has 0 spiro atoms. The summed E-state index contributed by atoms with van der Waals surface area (Å²) in [5, 5.41) is 12.4. The molecule has 1 aliphatic heterocycles. The van der Waals surface area contributed by atoms with E-state index in [0.717, 1.165) is 24.1 Å². The van der Waals surface area contributed by atoms with Crippen molar-refractivity contribution in [2.24, 2.45) is 0 Å². The number of amides is 2. The number of nitrogens with one attached hydrogen (secondary N) is 1. The van der Waals surface area contributed by atoms with Crippen LogP contribution in [-0.4, -0.2) is 45.5 Å². The van der Waals surface area contributed by atoms with E-state index in [9.17, 15) is 14.0 Å². The number of anilines is 1. The highest BCUT2D eigenvalue weighted by Crippen LogP contribution is 2.29. The van der Waals surface area contributed by atoms with Gasteiger partial charge in [-0.3, -0.25) is 14.2 Å². The number of ether oxygens (including phenoxy) is 1. The number of hydrogen-bond acceptors (Lipinski definition) is 6. The van der Waals surface area contributed by atoms with Crippen molar-refractivity contribution in [1.82, 2.24) is 20.1 Å². The van der Waals surface area contributed by atoms with Gasteiger partial charge in [0.05, 0.1) is 17.3 Å². The average Bonchev–Trinajstić information content (AvgIpc) is 3.37. The highest BCUT2D eigenvalue weighted by atomic mass is 35.5. The third-order valence-corrected chi connectivity index (χ3v) is 7.66. The molecular weight excluding hydrogens is 576 g/mol. The SMILES string of the molecule is O=C(COc1ccc(Cl)cc1Cl)NCc1nnc(SCC(=O)N2CCCc3ccccc32)n1-c1ccc(F)cc1. The number of rotatable bonds is 9. The molecule has 2 amide bonds. The van der Waals surface area contributed by atoms with E-state index >= 15 is 0 Å². The van der Waals surface area contributed by atoms with Gasteiger partial charge in [0.15, 0.2) is 17.6 Å². The molecule has 0 atom stereocenters. The van der Waals surface area contributed by atoms with E-state index < -0.39 is 11.7 Å². The van der Waals surface area contributed by atoms with Gasteiger partial charge in [-0.1, -0.05) is 53.2 Å². The van der Waals surface area contributed by atoms with Gasteiger partial charge in [0, 0.05) is 22.9 Å². The van der Waals surface area contributed by atoms with Gasteiger partial charge in [-0.05, 0) is 66.9 Å². The number of fused-ring (bicyclic) bond motifs is 1. The van der Waals surface area contributed by atoms with E-state index in [4.69, 9.17) is 27.9 Å². The number of benzene rings is 3. The van der Waals surface area contributed by atoms with Crippen LogP contribution in [0.3, 0.4) is 0 Å². The first-order valence-corrected chi connectivity index (χ1v) is 14.2. The Balaban J connectivity index is 1.27. The molecule has 2 heterocycles. The Morgan fingerprint density at radius 1 is 1.05 bits per heavy atom. The number of carbonyl (C=O) groups excluding carboxylic acids is 2. The lowest BCUT2D eigenvalue weighted by Gasteiger charge is -2.29. The number of halogens is 3. The summed E-state index contributed by atoms with van der Waals surface area (Å²) in [4.78, 5) is 27.5. The second kappa shape index (κ2) is 12.7. The van der Waals surface area contributed by atoms with Crippen molar-refractivity contribution >= 4 is 52.5 Å². The van der Waals surface area contributed by atoms with Crippen LogP contribution in [0.25, 0.3) is 5.69 Å². The number of hydrogen-bond donors (Lipinski definition) is 1. The number of aromatic nitrogens is 3. The van der Waals surface area contributed by atoms with Gasteiger partial charge in [0.25, 0.3) is 5.91 Å². The molecule has 1 aromatic heterocycles. The predicted octanol–water partition coefficient (Wildman–Crippen LogP) is 5.48. The van der Waals surface area contributed by atoms with Crippen molar-refractivity contribution in [3.8, 4) is 11.4 Å². The fourth-order valence-electron chi connectivity index (χ4n) is 4.32. The summed E-state index contributed by atoms with van der Waals surface area (Å²) >= 11 is 13.2. The van der Waals surface area contributed by atoms with Gasteiger partial charge >= 0.3 is 0 Å². The summed E-state index contributed by atoms with van der Waals surface area (Å²) in [7, 11) is 0. The molecule has 12 heteroatoms. The fraction of sp³-hybridized carbons (Fsp3) is 0.214. The maximum Gasteiger partial charge on any atom is 0.258 e. The highest BCUT2D eigenvalue weighted by Gasteiger charge is 2.24. The van der Waals surface area contributed by atoms with Crippen LogP contribution in [0.1, 0.15) is 17.8 Å². The second-order valence-electron chi connectivity index (χ2n) is 8.92. The van der Waals surface area contributed by atoms with Crippen molar-refractivity contribution in [2.75, 3.05) is 23.8 Å². The van der Waals surface area contributed by atoms with Crippen LogP contribution in [0.2, 0.25) is 10.0 Å². The monoisotopic (exact) mass is 599 g/mol. The molecule has 5 rings (SSSR count). The standard InChI is InChI=1S/C28H24Cl2FN5O3S/c29-19-7-12-24(22(30)14-19)39-16-26(37)32-15-25-33-34-28(36(25)21-10-8-20(31)9-11-21)40-17-27(38)35-13-3-5-18-4-1-2-6-23(18)35/h1-2,4,6-12,14H,3,5,13,15-17H2,(H,32,37). The molecule has 8 nitrogen and oxygen atoms in total. The lowest BCUT2D eigenvalue weighted by molar-refractivity contribution is -0.123. The van der Waals surface area contributed by atoms with Gasteiger partial charge < -0.3 is 15.0 Å². The van der Waals surface area contributed by atoms with Crippen LogP contribution in [0.15, 0.2) is 71.9 Å². The van der Waals surface area contributed by atoms with Crippen molar-refractivity contribution in [2.45, 2.75) is 24.5 Å². The van der Waals surface area contributed by atoms with Gasteiger partial charge in [-0.25, -0.2) is 4.39 Å². The van der Waals surface area contributed by atoms with E-state index in [1.807, 2.05) is 24.3 Å². The zero-order chi connectivity index (χ0) is 28.1. The maximum absolute atomic E-state index is 13.7. The van der Waals surface area contributed by atoms with E-state index in [-0.39, 0.29) is 24.8 Å². The van der Waals surface area contributed by atoms with Gasteiger partial charge in [-0.2, -0.15) is 0 Å². The summed E-state index contributed by atoms with van der Waals surface area (Å²) in [6.07, 6.45) is 1.84. The number of thioether (sulfide) groups is 1. The fourth-order valence-corrected chi connectivity index (χ4v) is 5.63. The largest absolute Gasteiger partial charge is 0.482 e. The molecule has 0 aliphatic carbocycles. The van der Waals surface area contributed by atoms with Crippen LogP contribution in [-0.2, 0) is 22.6 Å². The molecule has 0 radical (unpaired) electrons. The smallest absolute Gasteiger partial charge is 0.258 e. The molecule has 3 aromatic carbocycles. The van der Waals surface area contributed by atoms with Gasteiger partial charge in [0.1, 0.15) is 11.6 Å². The molecule has 0 bridgehead atoms. The first kappa shape index (κ1) is 27.9. The normalized spacial score (nSPS) is 12.6. The molecule has 1 N–H and O–H groups in total. The summed E-state index contributed by atoms with van der Waals surface area (Å²) in [6.45, 7) is 0.399. The minimum absolute atomic E-state index is 0.0227. The lowest BCUT2D eigenvalue weighted by atomic mass is 10.0. The topological polar surface area (TPSA) is 89.3 Å². The second-order valence-corrected chi connectivity index (χ2v) is 10.7. The summed E-state index contributed by atoms with van der Waals surface area (Å²) in [5.74, 6) is 0.0258. The van der Waals surface area contributed by atoms with E-state index in [0.29, 0.717) is 39.0 Å². The Morgan fingerprint density at radius 2 is 1.85 bits per heavy atom. The van der Waals surface area contributed by atoms with Crippen molar-refractivity contribution < 1.29 is 18.7 Å². The Labute approximate surface area is 244 Å². The van der Waals surface area contributed by atoms with Crippen molar-refractivity contribution in [3.63, 3.8) is 0 Å². The molecule has 0 fully saturated rings. The predicted molar refractivity (Wildman–Crippen MR) is 153 cm³/mol. The molecule has 0 saturated heterocycles. The minimum Gasteiger partial charge on any atom is -0.482 e. The lowest BCUT2D eigenvalue weighted by Crippen LogP contribution is -2.36. The summed E-state index contributed by atoms with van der Waals surface area (Å²) < 4.78 is 20.8. The van der Waals surface area contributed by atoms with E-state index in [2.05, 4.69) is 15.5 Å². The number of aryl methyl sites for hydroxylation is 1. The molecule has 0 saturated carbocycles. The Kier molecular flexibility index (Phi) is 8.88. The van der Waals surface area contributed by atoms with Crippen LogP contribution >= 0.6 is 35.0 Å².